The van der Waals surface area contributed by atoms with Crippen molar-refractivity contribution in [2.45, 2.75) is 18.9 Å². The van der Waals surface area contributed by atoms with E-state index in [1.54, 1.807) is 31.2 Å². The minimum Gasteiger partial charge on any atom is -0.371 e. The van der Waals surface area contributed by atoms with Crippen molar-refractivity contribution >= 4 is 23.2 Å². The summed E-state index contributed by atoms with van der Waals surface area (Å²) in [5.74, 6) is -0.819. The Balaban J connectivity index is 2.21. The zero-order valence-corrected chi connectivity index (χ0v) is 12.3. The van der Waals surface area contributed by atoms with Crippen LogP contribution in [0.15, 0.2) is 48.5 Å². The molecule has 0 aromatic heterocycles. The Morgan fingerprint density at radius 1 is 1.19 bits per heavy atom. The van der Waals surface area contributed by atoms with Gasteiger partial charge < -0.3 is 11.1 Å². The predicted molar refractivity (Wildman–Crippen MR) is 82.8 cm³/mol. The van der Waals surface area contributed by atoms with E-state index in [1.807, 2.05) is 12.1 Å². The van der Waals surface area contributed by atoms with Gasteiger partial charge in [-0.15, -0.1) is 0 Å². The van der Waals surface area contributed by atoms with Crippen LogP contribution in [0.2, 0.25) is 5.02 Å². The smallest absolute Gasteiger partial charge is 0.243 e. The number of nitrogens with two attached hydrogens (primary N) is 1. The summed E-state index contributed by atoms with van der Waals surface area (Å²) in [6.07, 6.45) is 0.400. The van der Waals surface area contributed by atoms with E-state index in [1.165, 1.54) is 12.1 Å². The fourth-order valence-electron chi connectivity index (χ4n) is 2.06. The number of amides is 1. The Bertz CT molecular complexity index is 578. The standard InChI is InChI=1S/C16H16ClFN2O/c1-16(15(19)21,10-11-2-4-12(17)5-3-11)20-14-8-6-13(18)7-9-14/h2-9,20H,10H2,1H3,(H2,19,21). The first-order valence-electron chi connectivity index (χ1n) is 6.47. The van der Waals surface area contributed by atoms with E-state index in [2.05, 4.69) is 5.32 Å². The number of rotatable bonds is 5. The second-order valence-electron chi connectivity index (χ2n) is 5.13. The van der Waals surface area contributed by atoms with Crippen LogP contribution in [-0.2, 0) is 11.2 Å². The van der Waals surface area contributed by atoms with Crippen molar-refractivity contribution in [3.8, 4) is 0 Å². The molecule has 1 atom stereocenters. The van der Waals surface area contributed by atoms with Crippen LogP contribution < -0.4 is 11.1 Å². The summed E-state index contributed by atoms with van der Waals surface area (Å²) in [7, 11) is 0. The Morgan fingerprint density at radius 2 is 1.76 bits per heavy atom. The fraction of sp³-hybridized carbons (Fsp3) is 0.188. The number of hydrogen-bond acceptors (Lipinski definition) is 2. The Kier molecular flexibility index (Phi) is 4.48. The van der Waals surface area contributed by atoms with Gasteiger partial charge in [0.15, 0.2) is 0 Å². The van der Waals surface area contributed by atoms with Gasteiger partial charge in [0.1, 0.15) is 11.4 Å². The molecule has 1 unspecified atom stereocenters. The summed E-state index contributed by atoms with van der Waals surface area (Å²) >= 11 is 5.85. The lowest BCUT2D eigenvalue weighted by Crippen LogP contribution is -2.49. The summed E-state index contributed by atoms with van der Waals surface area (Å²) in [6, 6.07) is 13.0. The van der Waals surface area contributed by atoms with Crippen LogP contribution in [0.25, 0.3) is 0 Å². The van der Waals surface area contributed by atoms with Gasteiger partial charge in [-0.25, -0.2) is 4.39 Å². The fourth-order valence-corrected chi connectivity index (χ4v) is 2.18. The molecule has 0 aliphatic carbocycles. The quantitative estimate of drug-likeness (QED) is 0.890. The summed E-state index contributed by atoms with van der Waals surface area (Å²) in [4.78, 5) is 11.8. The first kappa shape index (κ1) is 15.3. The largest absolute Gasteiger partial charge is 0.371 e. The van der Waals surface area contributed by atoms with E-state index in [0.29, 0.717) is 17.1 Å². The number of anilines is 1. The van der Waals surface area contributed by atoms with Crippen molar-refractivity contribution in [1.82, 2.24) is 0 Å². The molecular weight excluding hydrogens is 291 g/mol. The summed E-state index contributed by atoms with van der Waals surface area (Å²) in [5.41, 5.74) is 6.10. The SMILES string of the molecule is CC(Cc1ccc(Cl)cc1)(Nc1ccc(F)cc1)C(N)=O. The van der Waals surface area contributed by atoms with E-state index in [9.17, 15) is 9.18 Å². The maximum atomic E-state index is 12.9. The Hall–Kier alpha value is -2.07. The third-order valence-corrected chi connectivity index (χ3v) is 3.53. The molecule has 5 heteroatoms. The molecule has 0 aliphatic rings. The molecule has 1 amide bonds. The van der Waals surface area contributed by atoms with Crippen LogP contribution in [0.3, 0.4) is 0 Å². The van der Waals surface area contributed by atoms with Gasteiger partial charge in [0, 0.05) is 17.1 Å². The normalized spacial score (nSPS) is 13.5. The lowest BCUT2D eigenvalue weighted by Gasteiger charge is -2.29. The summed E-state index contributed by atoms with van der Waals surface area (Å²) in [5, 5.41) is 3.70. The van der Waals surface area contributed by atoms with Gasteiger partial charge in [-0.2, -0.15) is 0 Å². The number of carbonyl (C=O) groups is 1. The van der Waals surface area contributed by atoms with Crippen LogP contribution in [0.4, 0.5) is 10.1 Å². The number of primary amides is 1. The van der Waals surface area contributed by atoms with Gasteiger partial charge in [0.05, 0.1) is 0 Å². The van der Waals surface area contributed by atoms with Gasteiger partial charge in [0.25, 0.3) is 0 Å². The molecule has 3 nitrogen and oxygen atoms in total. The first-order valence-corrected chi connectivity index (χ1v) is 6.85. The molecule has 0 heterocycles. The van der Waals surface area contributed by atoms with Gasteiger partial charge in [-0.3, -0.25) is 4.79 Å². The third kappa shape index (κ3) is 3.95. The lowest BCUT2D eigenvalue weighted by atomic mass is 9.91. The highest BCUT2D eigenvalue weighted by Gasteiger charge is 2.31. The second-order valence-corrected chi connectivity index (χ2v) is 5.57. The van der Waals surface area contributed by atoms with Crippen LogP contribution in [0, 0.1) is 5.82 Å². The number of nitrogens with one attached hydrogen (secondary N) is 1. The number of hydrogen-bond donors (Lipinski definition) is 2. The van der Waals surface area contributed by atoms with Crippen LogP contribution in [0.5, 0.6) is 0 Å². The molecule has 0 bridgehead atoms. The van der Waals surface area contributed by atoms with Gasteiger partial charge >= 0.3 is 0 Å². The molecule has 2 aromatic carbocycles. The van der Waals surface area contributed by atoms with Gasteiger partial charge in [0.2, 0.25) is 5.91 Å². The molecule has 0 aliphatic heterocycles. The summed E-state index contributed by atoms with van der Waals surface area (Å²) in [6.45, 7) is 1.72. The minimum atomic E-state index is -0.980. The molecule has 0 saturated heterocycles. The van der Waals surface area contributed by atoms with Crippen molar-refractivity contribution in [1.29, 1.82) is 0 Å². The third-order valence-electron chi connectivity index (χ3n) is 3.28. The highest BCUT2D eigenvalue weighted by Crippen LogP contribution is 2.21. The average Bonchev–Trinajstić information content (AvgIpc) is 2.44. The van der Waals surface area contributed by atoms with Crippen LogP contribution >= 0.6 is 11.6 Å². The van der Waals surface area contributed by atoms with Gasteiger partial charge in [-0.05, 0) is 48.9 Å². The van der Waals surface area contributed by atoms with Crippen molar-refractivity contribution in [2.75, 3.05) is 5.32 Å². The molecule has 0 fully saturated rings. The molecule has 0 saturated carbocycles. The van der Waals surface area contributed by atoms with E-state index in [-0.39, 0.29) is 5.82 Å². The van der Waals surface area contributed by atoms with Crippen LogP contribution in [0.1, 0.15) is 12.5 Å². The van der Waals surface area contributed by atoms with Crippen molar-refractivity contribution < 1.29 is 9.18 Å². The van der Waals surface area contributed by atoms with E-state index < -0.39 is 11.4 Å². The molecule has 3 N–H and O–H groups in total. The Morgan fingerprint density at radius 3 is 2.29 bits per heavy atom. The molecule has 0 spiro atoms. The number of carbonyl (C=O) groups excluding carboxylic acids is 1. The predicted octanol–water partition coefficient (Wildman–Crippen LogP) is 3.38. The van der Waals surface area contributed by atoms with Crippen molar-refractivity contribution in [3.63, 3.8) is 0 Å². The lowest BCUT2D eigenvalue weighted by molar-refractivity contribution is -0.121. The maximum absolute atomic E-state index is 12.9. The molecule has 21 heavy (non-hydrogen) atoms. The number of halogens is 2. The average molecular weight is 307 g/mol. The van der Waals surface area contributed by atoms with Crippen molar-refractivity contribution in [2.24, 2.45) is 5.73 Å². The molecular formula is C16H16ClFN2O. The van der Waals surface area contributed by atoms with E-state index in [0.717, 1.165) is 5.56 Å². The zero-order chi connectivity index (χ0) is 15.5. The topological polar surface area (TPSA) is 55.1 Å². The van der Waals surface area contributed by atoms with Crippen molar-refractivity contribution in [3.05, 3.63) is 64.9 Å². The molecule has 2 aromatic rings. The minimum absolute atomic E-state index is 0.334. The van der Waals surface area contributed by atoms with Gasteiger partial charge in [-0.1, -0.05) is 23.7 Å². The highest BCUT2D eigenvalue weighted by atomic mass is 35.5. The maximum Gasteiger partial charge on any atom is 0.243 e. The monoisotopic (exact) mass is 306 g/mol. The van der Waals surface area contributed by atoms with Crippen LogP contribution in [-0.4, -0.2) is 11.4 Å². The van der Waals surface area contributed by atoms with E-state index >= 15 is 0 Å². The molecule has 0 radical (unpaired) electrons. The second kappa shape index (κ2) is 6.14. The summed E-state index contributed by atoms with van der Waals surface area (Å²) < 4.78 is 12.9. The number of benzene rings is 2. The highest BCUT2D eigenvalue weighted by molar-refractivity contribution is 6.30. The zero-order valence-electron chi connectivity index (χ0n) is 11.6. The Labute approximate surface area is 127 Å². The van der Waals surface area contributed by atoms with E-state index in [4.69, 9.17) is 17.3 Å². The first-order chi connectivity index (χ1) is 9.89. The molecule has 2 rings (SSSR count). The molecule has 110 valence electrons.